The molecule has 2 aromatic rings. The van der Waals surface area contributed by atoms with Gasteiger partial charge in [0.05, 0.1) is 3.79 Å². The minimum Gasteiger partial charge on any atom is -0.305 e. The van der Waals surface area contributed by atoms with Crippen LogP contribution in [0.15, 0.2) is 27.4 Å². The first-order valence-electron chi connectivity index (χ1n) is 5.87. The summed E-state index contributed by atoms with van der Waals surface area (Å²) in [6.07, 6.45) is 3.87. The summed E-state index contributed by atoms with van der Waals surface area (Å²) in [6, 6.07) is 7.17. The maximum atomic E-state index is 3.69. The molecule has 4 heteroatoms. The molecule has 1 aliphatic rings. The molecule has 1 nitrogen and oxygen atoms in total. The SMILES string of the molecule is Brc1ccc(CNC2CCCc3sccc32)s1. The van der Waals surface area contributed by atoms with Crippen molar-refractivity contribution in [1.29, 1.82) is 0 Å². The van der Waals surface area contributed by atoms with Gasteiger partial charge in [0.1, 0.15) is 0 Å². The molecule has 0 saturated heterocycles. The van der Waals surface area contributed by atoms with E-state index in [0.29, 0.717) is 6.04 Å². The highest BCUT2D eigenvalue weighted by Crippen LogP contribution is 2.33. The van der Waals surface area contributed by atoms with E-state index in [1.807, 2.05) is 22.7 Å². The Morgan fingerprint density at radius 2 is 2.29 bits per heavy atom. The Labute approximate surface area is 118 Å². The van der Waals surface area contributed by atoms with Gasteiger partial charge in [-0.2, -0.15) is 0 Å². The zero-order chi connectivity index (χ0) is 11.7. The molecule has 0 radical (unpaired) electrons. The van der Waals surface area contributed by atoms with Gasteiger partial charge >= 0.3 is 0 Å². The van der Waals surface area contributed by atoms with Gasteiger partial charge in [-0.3, -0.25) is 0 Å². The summed E-state index contributed by atoms with van der Waals surface area (Å²) >= 11 is 7.24. The molecule has 90 valence electrons. The van der Waals surface area contributed by atoms with Crippen LogP contribution in [0.5, 0.6) is 0 Å². The summed E-state index contributed by atoms with van der Waals surface area (Å²) in [5.74, 6) is 0. The molecule has 17 heavy (non-hydrogen) atoms. The molecular weight excluding hydrogens is 314 g/mol. The number of hydrogen-bond acceptors (Lipinski definition) is 3. The minimum absolute atomic E-state index is 0.561. The van der Waals surface area contributed by atoms with Crippen LogP contribution in [0.25, 0.3) is 0 Å². The van der Waals surface area contributed by atoms with Crippen molar-refractivity contribution in [3.05, 3.63) is 42.7 Å². The molecule has 2 heterocycles. The van der Waals surface area contributed by atoms with Gasteiger partial charge in [0, 0.05) is 22.3 Å². The van der Waals surface area contributed by atoms with E-state index in [-0.39, 0.29) is 0 Å². The van der Waals surface area contributed by atoms with Crippen LogP contribution in [-0.4, -0.2) is 0 Å². The minimum atomic E-state index is 0.561. The van der Waals surface area contributed by atoms with Crippen LogP contribution in [0.1, 0.15) is 34.2 Å². The van der Waals surface area contributed by atoms with Crippen molar-refractivity contribution in [2.24, 2.45) is 0 Å². The Morgan fingerprint density at radius 1 is 1.35 bits per heavy atom. The molecule has 0 aliphatic heterocycles. The zero-order valence-electron chi connectivity index (χ0n) is 9.41. The number of halogens is 1. The Hall–Kier alpha value is -0.160. The number of nitrogens with one attached hydrogen (secondary N) is 1. The molecule has 0 saturated carbocycles. The lowest BCUT2D eigenvalue weighted by Crippen LogP contribution is -2.23. The fourth-order valence-electron chi connectivity index (χ4n) is 2.37. The van der Waals surface area contributed by atoms with Crippen LogP contribution in [0.4, 0.5) is 0 Å². The third kappa shape index (κ3) is 2.65. The van der Waals surface area contributed by atoms with Gasteiger partial charge in [-0.05, 0) is 64.3 Å². The van der Waals surface area contributed by atoms with Crippen molar-refractivity contribution in [2.75, 3.05) is 0 Å². The van der Waals surface area contributed by atoms with Gasteiger partial charge in [-0.15, -0.1) is 22.7 Å². The number of fused-ring (bicyclic) bond motifs is 1. The highest BCUT2D eigenvalue weighted by atomic mass is 79.9. The number of hydrogen-bond donors (Lipinski definition) is 1. The van der Waals surface area contributed by atoms with Crippen LogP contribution < -0.4 is 5.32 Å². The molecule has 0 spiro atoms. The van der Waals surface area contributed by atoms with Gasteiger partial charge in [-0.1, -0.05) is 0 Å². The second kappa shape index (κ2) is 5.22. The summed E-state index contributed by atoms with van der Waals surface area (Å²) in [4.78, 5) is 2.99. The summed E-state index contributed by atoms with van der Waals surface area (Å²) < 4.78 is 1.22. The molecular formula is C13H14BrNS2. The predicted octanol–water partition coefficient (Wildman–Crippen LogP) is 4.74. The number of rotatable bonds is 3. The Bertz CT molecular complexity index is 503. The van der Waals surface area contributed by atoms with E-state index in [0.717, 1.165) is 6.54 Å². The lowest BCUT2D eigenvalue weighted by molar-refractivity contribution is 0.465. The molecule has 0 amide bonds. The predicted molar refractivity (Wildman–Crippen MR) is 78.9 cm³/mol. The Morgan fingerprint density at radius 3 is 3.12 bits per heavy atom. The average molecular weight is 328 g/mol. The molecule has 0 fully saturated rings. The van der Waals surface area contributed by atoms with Crippen molar-refractivity contribution >= 4 is 38.6 Å². The smallest absolute Gasteiger partial charge is 0.0701 e. The van der Waals surface area contributed by atoms with Gasteiger partial charge in [0.15, 0.2) is 0 Å². The van der Waals surface area contributed by atoms with E-state index in [4.69, 9.17) is 0 Å². The topological polar surface area (TPSA) is 12.0 Å². The lowest BCUT2D eigenvalue weighted by atomic mass is 9.94. The van der Waals surface area contributed by atoms with Crippen molar-refractivity contribution in [3.63, 3.8) is 0 Å². The molecule has 0 bridgehead atoms. The normalized spacial score (nSPS) is 19.2. The van der Waals surface area contributed by atoms with Crippen molar-refractivity contribution in [3.8, 4) is 0 Å². The number of thiophene rings is 2. The first-order chi connectivity index (χ1) is 8.33. The largest absolute Gasteiger partial charge is 0.305 e. The van der Waals surface area contributed by atoms with Crippen molar-refractivity contribution in [1.82, 2.24) is 5.32 Å². The van der Waals surface area contributed by atoms with Gasteiger partial charge in [-0.25, -0.2) is 0 Å². The fourth-order valence-corrected chi connectivity index (χ4v) is 4.79. The van der Waals surface area contributed by atoms with E-state index in [9.17, 15) is 0 Å². The van der Waals surface area contributed by atoms with Crippen LogP contribution in [0.2, 0.25) is 0 Å². The fraction of sp³-hybridized carbons (Fsp3) is 0.385. The first-order valence-corrected chi connectivity index (χ1v) is 8.36. The molecule has 2 aromatic heterocycles. The third-order valence-electron chi connectivity index (χ3n) is 3.20. The summed E-state index contributed by atoms with van der Waals surface area (Å²) in [5.41, 5.74) is 1.54. The Kier molecular flexibility index (Phi) is 3.66. The van der Waals surface area contributed by atoms with Crippen LogP contribution in [-0.2, 0) is 13.0 Å². The molecule has 1 aliphatic carbocycles. The highest BCUT2D eigenvalue weighted by molar-refractivity contribution is 9.11. The first kappa shape index (κ1) is 11.9. The monoisotopic (exact) mass is 327 g/mol. The Balaban J connectivity index is 1.67. The zero-order valence-corrected chi connectivity index (χ0v) is 12.6. The van der Waals surface area contributed by atoms with Gasteiger partial charge < -0.3 is 5.32 Å². The van der Waals surface area contributed by atoms with E-state index in [1.165, 1.54) is 33.5 Å². The second-order valence-corrected chi connectivity index (χ2v) is 7.88. The molecule has 0 aromatic carbocycles. The second-order valence-electron chi connectivity index (χ2n) is 4.33. The molecule has 1 atom stereocenters. The van der Waals surface area contributed by atoms with Crippen molar-refractivity contribution < 1.29 is 0 Å². The van der Waals surface area contributed by atoms with Crippen LogP contribution in [0.3, 0.4) is 0 Å². The van der Waals surface area contributed by atoms with Gasteiger partial charge in [0.2, 0.25) is 0 Å². The molecule has 3 rings (SSSR count). The third-order valence-corrected chi connectivity index (χ3v) is 5.82. The summed E-state index contributed by atoms with van der Waals surface area (Å²) in [7, 11) is 0. The van der Waals surface area contributed by atoms with E-state index < -0.39 is 0 Å². The van der Waals surface area contributed by atoms with Crippen molar-refractivity contribution in [2.45, 2.75) is 31.8 Å². The van der Waals surface area contributed by atoms with Crippen LogP contribution in [0, 0.1) is 0 Å². The molecule has 1 N–H and O–H groups in total. The highest BCUT2D eigenvalue weighted by Gasteiger charge is 2.20. The van der Waals surface area contributed by atoms with E-state index in [2.05, 4.69) is 44.8 Å². The van der Waals surface area contributed by atoms with Crippen LogP contribution >= 0.6 is 38.6 Å². The number of aryl methyl sites for hydroxylation is 1. The summed E-state index contributed by atoms with van der Waals surface area (Å²) in [6.45, 7) is 0.982. The van der Waals surface area contributed by atoms with Gasteiger partial charge in [0.25, 0.3) is 0 Å². The van der Waals surface area contributed by atoms with E-state index >= 15 is 0 Å². The molecule has 1 unspecified atom stereocenters. The lowest BCUT2D eigenvalue weighted by Gasteiger charge is -2.23. The maximum absolute atomic E-state index is 3.69. The quantitative estimate of drug-likeness (QED) is 0.858. The summed E-state index contributed by atoms with van der Waals surface area (Å²) in [5, 5.41) is 5.92. The standard InChI is InChI=1S/C13H14BrNS2/c14-13-5-4-9(17-13)8-15-11-2-1-3-12-10(11)6-7-16-12/h4-7,11,15H,1-3,8H2. The average Bonchev–Trinajstić information content (AvgIpc) is 2.94. The van der Waals surface area contributed by atoms with E-state index in [1.54, 1.807) is 4.88 Å². The maximum Gasteiger partial charge on any atom is 0.0701 e.